The van der Waals surface area contributed by atoms with Crippen molar-refractivity contribution in [3.8, 4) is 0 Å². The number of rotatable bonds is 6. The van der Waals surface area contributed by atoms with E-state index in [1.165, 1.54) is 6.92 Å². The lowest BCUT2D eigenvalue weighted by Gasteiger charge is -2.46. The molecule has 0 unspecified atom stereocenters. The molecule has 0 radical (unpaired) electrons. The zero-order chi connectivity index (χ0) is 23.3. The maximum absolute atomic E-state index is 11.3. The van der Waals surface area contributed by atoms with Gasteiger partial charge in [0, 0.05) is 19.8 Å². The van der Waals surface area contributed by atoms with E-state index in [0.717, 1.165) is 18.4 Å². The highest BCUT2D eigenvalue weighted by molar-refractivity contribution is 6.74. The van der Waals surface area contributed by atoms with Gasteiger partial charge in [-0.2, -0.15) is 0 Å². The van der Waals surface area contributed by atoms with Gasteiger partial charge in [0.05, 0.1) is 12.2 Å². The molecule has 0 amide bonds. The molecule has 1 heterocycles. The summed E-state index contributed by atoms with van der Waals surface area (Å²) in [6, 6.07) is 0. The summed E-state index contributed by atoms with van der Waals surface area (Å²) in [5.74, 6) is -0.287. The van der Waals surface area contributed by atoms with Gasteiger partial charge in [-0.3, -0.25) is 4.79 Å². The SMILES string of the molecule is C=C1[C@@H](O[Si](C)(C)C(C)(C)C)C[C@H](O[Si](C)(C)C(C)(C)C)C[C@@]12O[C@H]2COC(C)=O. The molecule has 30 heavy (non-hydrogen) atoms. The Hall–Kier alpha value is -0.476. The summed E-state index contributed by atoms with van der Waals surface area (Å²) in [4.78, 5) is 11.3. The highest BCUT2D eigenvalue weighted by Crippen LogP contribution is 2.54. The van der Waals surface area contributed by atoms with E-state index in [1.54, 1.807) is 0 Å². The van der Waals surface area contributed by atoms with Crippen LogP contribution in [0.3, 0.4) is 0 Å². The van der Waals surface area contributed by atoms with Crippen molar-refractivity contribution in [3.05, 3.63) is 12.2 Å². The van der Waals surface area contributed by atoms with Gasteiger partial charge < -0.3 is 18.3 Å². The average molecular weight is 457 g/mol. The van der Waals surface area contributed by atoms with Crippen LogP contribution in [0.25, 0.3) is 0 Å². The molecule has 0 aromatic heterocycles. The topological polar surface area (TPSA) is 57.3 Å². The second-order valence-corrected chi connectivity index (χ2v) is 21.6. The van der Waals surface area contributed by atoms with E-state index in [1.807, 2.05) is 0 Å². The Morgan fingerprint density at radius 3 is 2.03 bits per heavy atom. The van der Waals surface area contributed by atoms with Crippen LogP contribution in [0.4, 0.5) is 0 Å². The van der Waals surface area contributed by atoms with Gasteiger partial charge in [0.2, 0.25) is 0 Å². The Morgan fingerprint density at radius 1 is 1.07 bits per heavy atom. The molecule has 174 valence electrons. The summed E-state index contributed by atoms with van der Waals surface area (Å²) in [6.07, 6.45) is 1.35. The molecule has 7 heteroatoms. The van der Waals surface area contributed by atoms with E-state index < -0.39 is 22.2 Å². The lowest BCUT2D eigenvalue weighted by Crippen LogP contribution is -2.52. The van der Waals surface area contributed by atoms with Gasteiger partial charge >= 0.3 is 5.97 Å². The smallest absolute Gasteiger partial charge is 0.302 e. The highest BCUT2D eigenvalue weighted by Gasteiger charge is 2.64. The molecule has 4 atom stereocenters. The van der Waals surface area contributed by atoms with Crippen LogP contribution in [0.15, 0.2) is 12.2 Å². The number of carbonyl (C=O) groups excluding carboxylic acids is 1. The van der Waals surface area contributed by atoms with Crippen LogP contribution in [0.2, 0.25) is 36.3 Å². The third-order valence-electron chi connectivity index (χ3n) is 7.70. The first kappa shape index (κ1) is 25.8. The maximum atomic E-state index is 11.3. The molecule has 2 rings (SSSR count). The zero-order valence-corrected chi connectivity index (χ0v) is 23.1. The normalized spacial score (nSPS) is 30.5. The summed E-state index contributed by atoms with van der Waals surface area (Å²) in [5.41, 5.74) is 0.480. The first-order chi connectivity index (χ1) is 13.3. The van der Waals surface area contributed by atoms with Gasteiger partial charge in [0.25, 0.3) is 0 Å². The van der Waals surface area contributed by atoms with E-state index in [-0.39, 0.29) is 41.0 Å². The van der Waals surface area contributed by atoms with Crippen molar-refractivity contribution < 1.29 is 23.1 Å². The van der Waals surface area contributed by atoms with Crippen molar-refractivity contribution in [2.24, 2.45) is 0 Å². The number of epoxide rings is 1. The van der Waals surface area contributed by atoms with Crippen LogP contribution in [0.5, 0.6) is 0 Å². The molecule has 0 aromatic rings. The molecule has 1 spiro atoms. The van der Waals surface area contributed by atoms with Crippen molar-refractivity contribution in [1.82, 2.24) is 0 Å². The number of ether oxygens (including phenoxy) is 2. The fourth-order valence-corrected chi connectivity index (χ4v) is 6.25. The van der Waals surface area contributed by atoms with E-state index in [2.05, 4.69) is 74.3 Å². The third kappa shape index (κ3) is 5.29. The van der Waals surface area contributed by atoms with E-state index >= 15 is 0 Å². The average Bonchev–Trinajstić information content (AvgIpc) is 3.21. The second kappa shape index (κ2) is 8.14. The molecule has 2 aliphatic rings. The van der Waals surface area contributed by atoms with Crippen LogP contribution in [-0.4, -0.2) is 53.1 Å². The monoisotopic (exact) mass is 456 g/mol. The molecule has 0 N–H and O–H groups in total. The Kier molecular flexibility index (Phi) is 7.00. The van der Waals surface area contributed by atoms with Gasteiger partial charge in [-0.05, 0) is 41.8 Å². The fraction of sp³-hybridized carbons (Fsp3) is 0.870. The lowest BCUT2D eigenvalue weighted by molar-refractivity contribution is -0.141. The first-order valence-electron chi connectivity index (χ1n) is 11.2. The Morgan fingerprint density at radius 2 is 1.57 bits per heavy atom. The molecular formula is C23H44O5Si2. The number of carbonyl (C=O) groups is 1. The van der Waals surface area contributed by atoms with Gasteiger partial charge in [-0.25, -0.2) is 0 Å². The summed E-state index contributed by atoms with van der Waals surface area (Å²) < 4.78 is 25.1. The van der Waals surface area contributed by atoms with Crippen molar-refractivity contribution >= 4 is 22.6 Å². The van der Waals surface area contributed by atoms with Crippen molar-refractivity contribution in [3.63, 3.8) is 0 Å². The minimum atomic E-state index is -2.00. The lowest BCUT2D eigenvalue weighted by atomic mass is 9.79. The van der Waals surface area contributed by atoms with Gasteiger partial charge in [0.15, 0.2) is 16.6 Å². The van der Waals surface area contributed by atoms with Gasteiger partial charge in [0.1, 0.15) is 18.3 Å². The minimum Gasteiger partial charge on any atom is -0.463 e. The third-order valence-corrected chi connectivity index (χ3v) is 16.7. The Balaban J connectivity index is 2.27. The van der Waals surface area contributed by atoms with E-state index in [9.17, 15) is 4.79 Å². The largest absolute Gasteiger partial charge is 0.463 e. The summed E-state index contributed by atoms with van der Waals surface area (Å²) in [7, 11) is -3.95. The zero-order valence-electron chi connectivity index (χ0n) is 21.1. The van der Waals surface area contributed by atoms with Crippen LogP contribution in [-0.2, 0) is 23.1 Å². The number of hydrogen-bond acceptors (Lipinski definition) is 5. The summed E-state index contributed by atoms with van der Waals surface area (Å²) in [5, 5.41) is 0.237. The highest BCUT2D eigenvalue weighted by atomic mass is 28.4. The van der Waals surface area contributed by atoms with Crippen molar-refractivity contribution in [2.75, 3.05) is 6.61 Å². The Bertz CT molecular complexity index is 674. The van der Waals surface area contributed by atoms with Gasteiger partial charge in [-0.15, -0.1) is 0 Å². The molecule has 1 saturated heterocycles. The molecular weight excluding hydrogens is 412 g/mol. The minimum absolute atomic E-state index is 0.0495. The molecule has 1 saturated carbocycles. The van der Waals surface area contributed by atoms with E-state index in [0.29, 0.717) is 0 Å². The summed E-state index contributed by atoms with van der Waals surface area (Å²) >= 11 is 0. The summed E-state index contributed by atoms with van der Waals surface area (Å²) in [6.45, 7) is 28.8. The van der Waals surface area contributed by atoms with Gasteiger partial charge in [-0.1, -0.05) is 48.1 Å². The quantitative estimate of drug-likeness (QED) is 0.218. The van der Waals surface area contributed by atoms with Crippen LogP contribution >= 0.6 is 0 Å². The standard InChI is InChI=1S/C23H44O5Si2/c1-16-19(28-30(11,12)22(6,7)8)13-18(27-29(9,10)21(3,4)5)14-23(16)20(26-23)15-25-17(2)24/h18-20H,1,13-15H2,2-12H3/t18-,19-,20-,23+/m0/s1. The van der Waals surface area contributed by atoms with Crippen LogP contribution in [0.1, 0.15) is 61.3 Å². The van der Waals surface area contributed by atoms with Crippen molar-refractivity contribution in [1.29, 1.82) is 0 Å². The molecule has 1 aliphatic heterocycles. The Labute approximate surface area is 186 Å². The predicted molar refractivity (Wildman–Crippen MR) is 127 cm³/mol. The predicted octanol–water partition coefficient (Wildman–Crippen LogP) is 5.82. The van der Waals surface area contributed by atoms with Crippen molar-refractivity contribution in [2.45, 2.75) is 121 Å². The maximum Gasteiger partial charge on any atom is 0.302 e. The van der Waals surface area contributed by atoms with Crippen LogP contribution < -0.4 is 0 Å². The molecule has 1 aliphatic carbocycles. The second-order valence-electron chi connectivity index (χ2n) is 12.1. The molecule has 0 bridgehead atoms. The number of hydrogen-bond donors (Lipinski definition) is 0. The fourth-order valence-electron chi connectivity index (χ4n) is 3.58. The van der Waals surface area contributed by atoms with Crippen LogP contribution in [0, 0.1) is 0 Å². The molecule has 0 aromatic carbocycles. The molecule has 5 nitrogen and oxygen atoms in total. The molecule has 2 fully saturated rings. The number of esters is 1. The van der Waals surface area contributed by atoms with E-state index in [4.69, 9.17) is 18.3 Å². The first-order valence-corrected chi connectivity index (χ1v) is 17.0.